The van der Waals surface area contributed by atoms with Gasteiger partial charge in [-0.05, 0) is 44.7 Å². The van der Waals surface area contributed by atoms with Crippen molar-refractivity contribution in [2.45, 2.75) is 26.5 Å². The highest BCUT2D eigenvalue weighted by Crippen LogP contribution is 2.28. The van der Waals surface area contributed by atoms with Crippen LogP contribution < -0.4 is 10.1 Å². The Bertz CT molecular complexity index is 628. The van der Waals surface area contributed by atoms with Crippen LogP contribution in [0.15, 0.2) is 36.4 Å². The first kappa shape index (κ1) is 16.2. The van der Waals surface area contributed by atoms with Crippen LogP contribution >= 0.6 is 23.2 Å². The van der Waals surface area contributed by atoms with Crippen LogP contribution in [0.5, 0.6) is 5.75 Å². The number of benzene rings is 2. The van der Waals surface area contributed by atoms with Gasteiger partial charge in [0.15, 0.2) is 0 Å². The summed E-state index contributed by atoms with van der Waals surface area (Å²) >= 11 is 12.1. The van der Waals surface area contributed by atoms with Crippen LogP contribution in [-0.4, -0.2) is 7.05 Å². The first-order valence-corrected chi connectivity index (χ1v) is 7.61. The fourth-order valence-corrected chi connectivity index (χ4v) is 2.54. The molecule has 2 aromatic carbocycles. The molecule has 0 bridgehead atoms. The standard InChI is InChI=1S/C17H19Cl2NO/c1-11-4-7-15(12(2)20-3)17(8-11)21-10-13-5-6-14(18)9-16(13)19/h4-9,12,20H,10H2,1-3H3. The van der Waals surface area contributed by atoms with Crippen LogP contribution in [0.2, 0.25) is 10.0 Å². The Hall–Kier alpha value is -1.22. The zero-order valence-electron chi connectivity index (χ0n) is 12.4. The van der Waals surface area contributed by atoms with E-state index in [9.17, 15) is 0 Å². The Morgan fingerprint density at radius 1 is 1.14 bits per heavy atom. The summed E-state index contributed by atoms with van der Waals surface area (Å²) in [6.45, 7) is 4.58. The molecule has 0 saturated carbocycles. The molecule has 0 amide bonds. The van der Waals surface area contributed by atoms with Crippen molar-refractivity contribution in [2.24, 2.45) is 0 Å². The molecule has 0 saturated heterocycles. The van der Waals surface area contributed by atoms with E-state index >= 15 is 0 Å². The van der Waals surface area contributed by atoms with Gasteiger partial charge in [-0.1, -0.05) is 41.4 Å². The van der Waals surface area contributed by atoms with Gasteiger partial charge in [-0.25, -0.2) is 0 Å². The van der Waals surface area contributed by atoms with Gasteiger partial charge < -0.3 is 10.1 Å². The second kappa shape index (κ2) is 7.17. The topological polar surface area (TPSA) is 21.3 Å². The number of hydrogen-bond acceptors (Lipinski definition) is 2. The SMILES string of the molecule is CNC(C)c1ccc(C)cc1OCc1ccc(Cl)cc1Cl. The molecule has 0 aliphatic carbocycles. The average Bonchev–Trinajstić information content (AvgIpc) is 2.45. The minimum absolute atomic E-state index is 0.223. The number of nitrogens with one attached hydrogen (secondary N) is 1. The van der Waals surface area contributed by atoms with Crippen LogP contribution in [0.4, 0.5) is 0 Å². The summed E-state index contributed by atoms with van der Waals surface area (Å²) in [5.74, 6) is 0.878. The van der Waals surface area contributed by atoms with E-state index in [0.29, 0.717) is 16.7 Å². The molecule has 0 aliphatic heterocycles. The highest BCUT2D eigenvalue weighted by atomic mass is 35.5. The van der Waals surface area contributed by atoms with Gasteiger partial charge in [0.1, 0.15) is 12.4 Å². The average molecular weight is 324 g/mol. The molecule has 2 nitrogen and oxygen atoms in total. The molecule has 0 fully saturated rings. The molecule has 4 heteroatoms. The smallest absolute Gasteiger partial charge is 0.124 e. The van der Waals surface area contributed by atoms with Crippen molar-refractivity contribution in [3.63, 3.8) is 0 Å². The number of aryl methyl sites for hydroxylation is 1. The number of halogens is 2. The monoisotopic (exact) mass is 323 g/mol. The Kier molecular flexibility index (Phi) is 5.51. The molecule has 0 aliphatic rings. The summed E-state index contributed by atoms with van der Waals surface area (Å²) in [6, 6.07) is 11.9. The molecule has 0 spiro atoms. The number of hydrogen-bond donors (Lipinski definition) is 1. The third-order valence-corrected chi connectivity index (χ3v) is 4.05. The lowest BCUT2D eigenvalue weighted by atomic mass is 10.1. The van der Waals surface area contributed by atoms with Crippen molar-refractivity contribution in [3.05, 3.63) is 63.1 Å². The fourth-order valence-electron chi connectivity index (χ4n) is 2.07. The van der Waals surface area contributed by atoms with Crippen molar-refractivity contribution in [1.82, 2.24) is 5.32 Å². The van der Waals surface area contributed by atoms with Gasteiger partial charge >= 0.3 is 0 Å². The third kappa shape index (κ3) is 4.13. The maximum absolute atomic E-state index is 6.18. The lowest BCUT2D eigenvalue weighted by Gasteiger charge is -2.17. The first-order chi connectivity index (χ1) is 10.0. The van der Waals surface area contributed by atoms with E-state index in [1.807, 2.05) is 25.2 Å². The lowest BCUT2D eigenvalue weighted by molar-refractivity contribution is 0.300. The van der Waals surface area contributed by atoms with Crippen molar-refractivity contribution in [3.8, 4) is 5.75 Å². The van der Waals surface area contributed by atoms with Crippen molar-refractivity contribution < 1.29 is 4.74 Å². The van der Waals surface area contributed by atoms with E-state index < -0.39 is 0 Å². The molecule has 21 heavy (non-hydrogen) atoms. The molecule has 1 N–H and O–H groups in total. The highest BCUT2D eigenvalue weighted by molar-refractivity contribution is 6.35. The summed E-state index contributed by atoms with van der Waals surface area (Å²) in [7, 11) is 1.93. The first-order valence-electron chi connectivity index (χ1n) is 6.86. The number of ether oxygens (including phenoxy) is 1. The van der Waals surface area contributed by atoms with Crippen LogP contribution in [0, 0.1) is 6.92 Å². The molecule has 1 unspecified atom stereocenters. The second-order valence-corrected chi connectivity index (χ2v) is 5.92. The van der Waals surface area contributed by atoms with Crippen molar-refractivity contribution >= 4 is 23.2 Å². The van der Waals surface area contributed by atoms with Crippen molar-refractivity contribution in [2.75, 3.05) is 7.05 Å². The fraction of sp³-hybridized carbons (Fsp3) is 0.294. The quantitative estimate of drug-likeness (QED) is 0.820. The van der Waals surface area contributed by atoms with E-state index in [0.717, 1.165) is 16.9 Å². The second-order valence-electron chi connectivity index (χ2n) is 5.08. The van der Waals surface area contributed by atoms with Crippen LogP contribution in [0.25, 0.3) is 0 Å². The maximum Gasteiger partial charge on any atom is 0.124 e. The van der Waals surface area contributed by atoms with Gasteiger partial charge in [-0.15, -0.1) is 0 Å². The summed E-state index contributed by atoms with van der Waals surface area (Å²) in [5, 5.41) is 4.49. The van der Waals surface area contributed by atoms with E-state index in [2.05, 4.69) is 31.3 Å². The molecule has 112 valence electrons. The normalized spacial score (nSPS) is 12.2. The minimum atomic E-state index is 0.223. The van der Waals surface area contributed by atoms with Crippen LogP contribution in [-0.2, 0) is 6.61 Å². The van der Waals surface area contributed by atoms with E-state index in [1.165, 1.54) is 5.56 Å². The molecule has 0 radical (unpaired) electrons. The predicted octanol–water partition coefficient (Wildman–Crippen LogP) is 5.16. The van der Waals surface area contributed by atoms with E-state index in [-0.39, 0.29) is 6.04 Å². The zero-order valence-corrected chi connectivity index (χ0v) is 13.9. The Morgan fingerprint density at radius 3 is 2.57 bits per heavy atom. The maximum atomic E-state index is 6.18. The van der Waals surface area contributed by atoms with Gasteiger partial charge in [0.2, 0.25) is 0 Å². The van der Waals surface area contributed by atoms with Gasteiger partial charge in [0.05, 0.1) is 0 Å². The molecule has 1 atom stereocenters. The summed E-state index contributed by atoms with van der Waals surface area (Å²) < 4.78 is 5.98. The molecular formula is C17H19Cl2NO. The van der Waals surface area contributed by atoms with Gasteiger partial charge in [0.25, 0.3) is 0 Å². The Balaban J connectivity index is 2.21. The summed E-state index contributed by atoms with van der Waals surface area (Å²) in [5.41, 5.74) is 3.22. The highest BCUT2D eigenvalue weighted by Gasteiger charge is 2.11. The third-order valence-electron chi connectivity index (χ3n) is 3.47. The molecule has 0 heterocycles. The Morgan fingerprint density at radius 2 is 1.90 bits per heavy atom. The van der Waals surface area contributed by atoms with Crippen LogP contribution in [0.3, 0.4) is 0 Å². The van der Waals surface area contributed by atoms with Crippen molar-refractivity contribution in [1.29, 1.82) is 0 Å². The summed E-state index contributed by atoms with van der Waals surface area (Å²) in [4.78, 5) is 0. The largest absolute Gasteiger partial charge is 0.488 e. The van der Waals surface area contributed by atoms with Gasteiger partial charge in [-0.2, -0.15) is 0 Å². The molecule has 2 aromatic rings. The summed E-state index contributed by atoms with van der Waals surface area (Å²) in [6.07, 6.45) is 0. The lowest BCUT2D eigenvalue weighted by Crippen LogP contribution is -2.14. The number of rotatable bonds is 5. The molecular weight excluding hydrogens is 305 g/mol. The Labute approximate surface area is 136 Å². The minimum Gasteiger partial charge on any atom is -0.488 e. The van der Waals surface area contributed by atoms with Crippen LogP contribution in [0.1, 0.15) is 29.7 Å². The zero-order chi connectivity index (χ0) is 15.4. The van der Waals surface area contributed by atoms with E-state index in [4.69, 9.17) is 27.9 Å². The molecule has 0 aromatic heterocycles. The predicted molar refractivity (Wildman–Crippen MR) is 89.4 cm³/mol. The van der Waals surface area contributed by atoms with E-state index in [1.54, 1.807) is 6.07 Å². The van der Waals surface area contributed by atoms with Gasteiger partial charge in [-0.3, -0.25) is 0 Å². The molecule has 2 rings (SSSR count). The van der Waals surface area contributed by atoms with Gasteiger partial charge in [0, 0.05) is 27.2 Å².